The van der Waals surface area contributed by atoms with Gasteiger partial charge in [0, 0.05) is 16.3 Å². The number of benzene rings is 4. The van der Waals surface area contributed by atoms with Gasteiger partial charge < -0.3 is 9.47 Å². The molecule has 4 aromatic rings. The molecule has 10 heteroatoms. The standard InChI is InChI=1S/C29H26ClN3O5S/c1-2-37-28-18-22(10-17-27(28)38-20-21-8-13-24(30)14-9-21)19-31-32-29(34)23-11-15-25(16-12-23)33-39(35,36)26-6-4-3-5-7-26/h3-19,33H,2,20H2,1H3,(H,32,34). The molecule has 200 valence electrons. The maximum atomic E-state index is 12.5. The number of carbonyl (C=O) groups is 1. The van der Waals surface area contributed by atoms with Crippen molar-refractivity contribution in [2.45, 2.75) is 18.4 Å². The number of halogens is 1. The highest BCUT2D eigenvalue weighted by Crippen LogP contribution is 2.29. The van der Waals surface area contributed by atoms with Gasteiger partial charge in [0.25, 0.3) is 15.9 Å². The molecule has 0 fully saturated rings. The van der Waals surface area contributed by atoms with Crippen molar-refractivity contribution in [2.75, 3.05) is 11.3 Å². The van der Waals surface area contributed by atoms with Crippen molar-refractivity contribution in [3.05, 3.63) is 119 Å². The maximum absolute atomic E-state index is 12.5. The smallest absolute Gasteiger partial charge is 0.271 e. The molecule has 0 aromatic heterocycles. The molecule has 4 aromatic carbocycles. The number of hydrazone groups is 1. The fourth-order valence-corrected chi connectivity index (χ4v) is 4.67. The normalized spacial score (nSPS) is 11.2. The number of amides is 1. The molecule has 2 N–H and O–H groups in total. The highest BCUT2D eigenvalue weighted by molar-refractivity contribution is 7.92. The number of carbonyl (C=O) groups excluding carboxylic acids is 1. The van der Waals surface area contributed by atoms with Gasteiger partial charge in [0.15, 0.2) is 11.5 Å². The molecule has 0 saturated carbocycles. The van der Waals surface area contributed by atoms with Crippen LogP contribution in [-0.2, 0) is 16.6 Å². The van der Waals surface area contributed by atoms with Crippen molar-refractivity contribution in [3.8, 4) is 11.5 Å². The molecule has 0 unspecified atom stereocenters. The van der Waals surface area contributed by atoms with Crippen molar-refractivity contribution in [1.82, 2.24) is 5.43 Å². The Morgan fingerprint density at radius 2 is 1.62 bits per heavy atom. The Balaban J connectivity index is 1.35. The molecule has 0 atom stereocenters. The Kier molecular flexibility index (Phi) is 9.19. The molecule has 4 rings (SSSR count). The average Bonchev–Trinajstić information content (AvgIpc) is 2.94. The molecule has 0 aliphatic carbocycles. The number of sulfonamides is 1. The Hall–Kier alpha value is -4.34. The van der Waals surface area contributed by atoms with Gasteiger partial charge in [0.2, 0.25) is 0 Å². The first-order valence-corrected chi connectivity index (χ1v) is 13.9. The number of nitrogens with one attached hydrogen (secondary N) is 2. The zero-order valence-corrected chi connectivity index (χ0v) is 22.6. The fraction of sp³-hybridized carbons (Fsp3) is 0.103. The molecule has 0 aliphatic rings. The first-order chi connectivity index (χ1) is 18.8. The predicted molar refractivity (Wildman–Crippen MR) is 152 cm³/mol. The summed E-state index contributed by atoms with van der Waals surface area (Å²) in [5.74, 6) is 0.683. The van der Waals surface area contributed by atoms with Crippen LogP contribution >= 0.6 is 11.6 Å². The van der Waals surface area contributed by atoms with Crippen LogP contribution in [0.4, 0.5) is 5.69 Å². The Labute approximate surface area is 232 Å². The van der Waals surface area contributed by atoms with Crippen LogP contribution in [0.1, 0.15) is 28.4 Å². The second kappa shape index (κ2) is 12.9. The van der Waals surface area contributed by atoms with E-state index in [-0.39, 0.29) is 4.90 Å². The van der Waals surface area contributed by atoms with Gasteiger partial charge in [0.05, 0.1) is 17.7 Å². The van der Waals surface area contributed by atoms with Crippen molar-refractivity contribution >= 4 is 39.4 Å². The van der Waals surface area contributed by atoms with Crippen LogP contribution in [0.25, 0.3) is 0 Å². The quantitative estimate of drug-likeness (QED) is 0.175. The number of hydrogen-bond donors (Lipinski definition) is 2. The molecular weight excluding hydrogens is 538 g/mol. The van der Waals surface area contributed by atoms with Crippen LogP contribution in [0.5, 0.6) is 11.5 Å². The van der Waals surface area contributed by atoms with E-state index in [1.165, 1.54) is 42.6 Å². The Morgan fingerprint density at radius 3 is 2.31 bits per heavy atom. The minimum Gasteiger partial charge on any atom is -0.490 e. The summed E-state index contributed by atoms with van der Waals surface area (Å²) in [4.78, 5) is 12.6. The van der Waals surface area contributed by atoms with E-state index in [1.807, 2.05) is 19.1 Å². The first kappa shape index (κ1) is 27.7. The molecule has 0 spiro atoms. The summed E-state index contributed by atoms with van der Waals surface area (Å²) < 4.78 is 39.0. The van der Waals surface area contributed by atoms with Crippen molar-refractivity contribution in [2.24, 2.45) is 5.10 Å². The fourth-order valence-electron chi connectivity index (χ4n) is 3.47. The molecule has 0 radical (unpaired) electrons. The van der Waals surface area contributed by atoms with Gasteiger partial charge >= 0.3 is 0 Å². The second-order valence-corrected chi connectivity index (χ2v) is 10.4. The van der Waals surface area contributed by atoms with E-state index in [0.29, 0.717) is 46.5 Å². The van der Waals surface area contributed by atoms with E-state index in [1.54, 1.807) is 48.5 Å². The summed E-state index contributed by atoms with van der Waals surface area (Å²) >= 11 is 5.93. The third kappa shape index (κ3) is 7.83. The Morgan fingerprint density at radius 1 is 0.897 bits per heavy atom. The van der Waals surface area contributed by atoms with Crippen LogP contribution in [0.2, 0.25) is 5.02 Å². The van der Waals surface area contributed by atoms with Gasteiger partial charge in [0.1, 0.15) is 6.61 Å². The number of ether oxygens (including phenoxy) is 2. The van der Waals surface area contributed by atoms with E-state index >= 15 is 0 Å². The molecule has 8 nitrogen and oxygen atoms in total. The van der Waals surface area contributed by atoms with E-state index in [9.17, 15) is 13.2 Å². The van der Waals surface area contributed by atoms with Crippen LogP contribution < -0.4 is 19.6 Å². The van der Waals surface area contributed by atoms with E-state index in [2.05, 4.69) is 15.2 Å². The monoisotopic (exact) mass is 563 g/mol. The molecule has 39 heavy (non-hydrogen) atoms. The van der Waals surface area contributed by atoms with E-state index < -0.39 is 15.9 Å². The lowest BCUT2D eigenvalue weighted by Crippen LogP contribution is -2.18. The number of hydrogen-bond acceptors (Lipinski definition) is 6. The zero-order valence-electron chi connectivity index (χ0n) is 21.0. The number of anilines is 1. The van der Waals surface area contributed by atoms with Crippen LogP contribution in [0, 0.1) is 0 Å². The summed E-state index contributed by atoms with van der Waals surface area (Å²) in [6, 6.07) is 26.8. The zero-order chi connectivity index (χ0) is 27.7. The topological polar surface area (TPSA) is 106 Å². The highest BCUT2D eigenvalue weighted by Gasteiger charge is 2.14. The maximum Gasteiger partial charge on any atom is 0.271 e. The van der Waals surface area contributed by atoms with Gasteiger partial charge in [-0.25, -0.2) is 13.8 Å². The summed E-state index contributed by atoms with van der Waals surface area (Å²) in [6.45, 7) is 2.68. The van der Waals surface area contributed by atoms with E-state index in [0.717, 1.165) is 5.56 Å². The lowest BCUT2D eigenvalue weighted by atomic mass is 10.2. The number of nitrogens with zero attached hydrogens (tertiary/aromatic N) is 1. The van der Waals surface area contributed by atoms with Crippen molar-refractivity contribution in [1.29, 1.82) is 0 Å². The number of rotatable bonds is 11. The summed E-state index contributed by atoms with van der Waals surface area (Å²) in [6.07, 6.45) is 1.49. The third-order valence-electron chi connectivity index (χ3n) is 5.41. The largest absolute Gasteiger partial charge is 0.490 e. The average molecular weight is 564 g/mol. The molecule has 0 bridgehead atoms. The van der Waals surface area contributed by atoms with Gasteiger partial charge in [-0.2, -0.15) is 5.10 Å². The van der Waals surface area contributed by atoms with Gasteiger partial charge in [-0.05, 0) is 84.8 Å². The van der Waals surface area contributed by atoms with Crippen molar-refractivity contribution in [3.63, 3.8) is 0 Å². The minimum absolute atomic E-state index is 0.148. The highest BCUT2D eigenvalue weighted by atomic mass is 35.5. The first-order valence-electron chi connectivity index (χ1n) is 12.0. The van der Waals surface area contributed by atoms with Gasteiger partial charge in [-0.15, -0.1) is 0 Å². The van der Waals surface area contributed by atoms with Crippen LogP contribution in [-0.4, -0.2) is 27.1 Å². The predicted octanol–water partition coefficient (Wildman–Crippen LogP) is 5.88. The molecule has 0 aliphatic heterocycles. The van der Waals surface area contributed by atoms with Gasteiger partial charge in [-0.3, -0.25) is 9.52 Å². The van der Waals surface area contributed by atoms with Crippen LogP contribution in [0.3, 0.4) is 0 Å². The van der Waals surface area contributed by atoms with Crippen molar-refractivity contribution < 1.29 is 22.7 Å². The molecule has 0 saturated heterocycles. The van der Waals surface area contributed by atoms with Gasteiger partial charge in [-0.1, -0.05) is 41.9 Å². The Bertz CT molecular complexity index is 1540. The summed E-state index contributed by atoms with van der Waals surface area (Å²) in [7, 11) is -3.72. The van der Waals surface area contributed by atoms with E-state index in [4.69, 9.17) is 21.1 Å². The minimum atomic E-state index is -3.72. The molecule has 0 heterocycles. The lowest BCUT2D eigenvalue weighted by Gasteiger charge is -2.12. The SMILES string of the molecule is CCOc1cc(C=NNC(=O)c2ccc(NS(=O)(=O)c3ccccc3)cc2)ccc1OCc1ccc(Cl)cc1. The summed E-state index contributed by atoms with van der Waals surface area (Å²) in [5, 5.41) is 4.69. The molecular formula is C29H26ClN3O5S. The third-order valence-corrected chi connectivity index (χ3v) is 7.06. The lowest BCUT2D eigenvalue weighted by molar-refractivity contribution is 0.0955. The molecule has 1 amide bonds. The summed E-state index contributed by atoms with van der Waals surface area (Å²) in [5.41, 5.74) is 4.78. The van der Waals surface area contributed by atoms with Crippen LogP contribution in [0.15, 0.2) is 107 Å². The second-order valence-electron chi connectivity index (χ2n) is 8.25.